The van der Waals surface area contributed by atoms with Crippen molar-refractivity contribution in [1.82, 2.24) is 0 Å². The van der Waals surface area contributed by atoms with Gasteiger partial charge in [0.15, 0.2) is 5.16 Å². The Balaban J connectivity index is 1.91. The molecule has 0 amide bonds. The normalized spacial score (nSPS) is 25.1. The summed E-state index contributed by atoms with van der Waals surface area (Å²) in [4.78, 5) is 13.2. The average molecular weight is 413 g/mol. The van der Waals surface area contributed by atoms with Crippen LogP contribution in [0.15, 0.2) is 67.3 Å². The molecule has 1 saturated carbocycles. The van der Waals surface area contributed by atoms with Gasteiger partial charge in [-0.05, 0) is 31.4 Å². The summed E-state index contributed by atoms with van der Waals surface area (Å²) in [5.41, 5.74) is 8.09. The molecule has 0 aromatic heterocycles. The van der Waals surface area contributed by atoms with E-state index < -0.39 is 24.0 Å². The van der Waals surface area contributed by atoms with Gasteiger partial charge in [-0.3, -0.25) is 9.36 Å². The second-order valence-electron chi connectivity index (χ2n) is 7.58. The molecule has 0 bridgehead atoms. The number of carbonyl (C=O) groups excluding carboxylic acids is 1. The van der Waals surface area contributed by atoms with Crippen molar-refractivity contribution in [3.05, 3.63) is 83.9 Å². The molecule has 3 rings (SSSR count). The number of carbonyl (C=O) groups is 1. The fourth-order valence-corrected chi connectivity index (χ4v) is 7.00. The van der Waals surface area contributed by atoms with Crippen LogP contribution in [0.2, 0.25) is 0 Å². The second-order valence-corrected chi connectivity index (χ2v) is 10.3. The molecule has 0 spiro atoms. The summed E-state index contributed by atoms with van der Waals surface area (Å²) in [6.07, 6.45) is 1.81. The number of benzene rings is 2. The molecule has 0 aliphatic heterocycles. The van der Waals surface area contributed by atoms with Gasteiger partial charge in [0.2, 0.25) is 7.37 Å². The van der Waals surface area contributed by atoms with Crippen LogP contribution in [0.3, 0.4) is 0 Å². The molecule has 2 aromatic rings. The van der Waals surface area contributed by atoms with Crippen LogP contribution in [0.5, 0.6) is 0 Å². The third-order valence-electron chi connectivity index (χ3n) is 5.54. The van der Waals surface area contributed by atoms with Gasteiger partial charge in [-0.25, -0.2) is 0 Å². The zero-order chi connectivity index (χ0) is 21.1. The highest BCUT2D eigenvalue weighted by Crippen LogP contribution is 2.76. The van der Waals surface area contributed by atoms with Crippen molar-refractivity contribution >= 4 is 13.3 Å². The Hall–Kier alpha value is -2.20. The summed E-state index contributed by atoms with van der Waals surface area (Å²) in [6.45, 7) is 7.82. The fourth-order valence-electron chi connectivity index (χ4n) is 3.73. The second kappa shape index (κ2) is 8.27. The van der Waals surface area contributed by atoms with E-state index >= 15 is 0 Å². The van der Waals surface area contributed by atoms with Crippen molar-refractivity contribution < 1.29 is 18.6 Å². The van der Waals surface area contributed by atoms with Crippen LogP contribution < -0.4 is 5.73 Å². The van der Waals surface area contributed by atoms with Crippen LogP contribution in [0.4, 0.5) is 0 Å². The lowest BCUT2D eigenvalue weighted by molar-refractivity contribution is -0.146. The molecular weight excluding hydrogens is 385 g/mol. The monoisotopic (exact) mass is 413 g/mol. The van der Waals surface area contributed by atoms with Gasteiger partial charge in [0, 0.05) is 0 Å². The first kappa shape index (κ1) is 21.5. The minimum absolute atomic E-state index is 0.0886. The summed E-state index contributed by atoms with van der Waals surface area (Å²) in [7, 11) is -3.53. The minimum atomic E-state index is -3.53. The minimum Gasteiger partial charge on any atom is -0.460 e. The highest BCUT2D eigenvalue weighted by molar-refractivity contribution is 7.61. The molecule has 2 N–H and O–H groups in total. The van der Waals surface area contributed by atoms with Crippen LogP contribution in [-0.4, -0.2) is 23.3 Å². The first-order valence-corrected chi connectivity index (χ1v) is 11.5. The largest absolute Gasteiger partial charge is 0.460 e. The maximum absolute atomic E-state index is 14.1. The number of esters is 1. The number of nitrogens with two attached hydrogens (primary N) is 1. The van der Waals surface area contributed by atoms with Crippen molar-refractivity contribution in [3.63, 3.8) is 0 Å². The third-order valence-corrected chi connectivity index (χ3v) is 8.92. The fraction of sp³-hybridized carbons (Fsp3) is 0.348. The molecule has 0 heterocycles. The lowest BCUT2D eigenvalue weighted by Crippen LogP contribution is -2.41. The molecule has 0 radical (unpaired) electrons. The molecular formula is C23H28NO4P. The van der Waals surface area contributed by atoms with Crippen molar-refractivity contribution in [3.8, 4) is 0 Å². The van der Waals surface area contributed by atoms with Crippen molar-refractivity contribution in [2.75, 3.05) is 6.61 Å². The molecule has 1 fully saturated rings. The maximum atomic E-state index is 14.1. The quantitative estimate of drug-likeness (QED) is 0.370. The van der Waals surface area contributed by atoms with Crippen molar-refractivity contribution in [1.29, 1.82) is 0 Å². The van der Waals surface area contributed by atoms with Crippen LogP contribution in [-0.2, 0) is 31.4 Å². The summed E-state index contributed by atoms with van der Waals surface area (Å²) in [5.74, 6) is -0.590. The molecule has 6 heteroatoms. The van der Waals surface area contributed by atoms with E-state index in [9.17, 15) is 9.36 Å². The molecule has 0 saturated heterocycles. The van der Waals surface area contributed by atoms with Crippen LogP contribution in [0, 0.1) is 6.92 Å². The standard InChI is InChI=1S/C23H28NO4P/c1-4-22(24)17-23(22,21(25)27-15-19-9-7-6-8-10-19)29(26,28-5-2)16-20-13-11-18(3)12-14-20/h4,6-14H,1,5,15-17,24H2,2-3H3. The summed E-state index contributed by atoms with van der Waals surface area (Å²) >= 11 is 0. The molecule has 5 nitrogen and oxygen atoms in total. The summed E-state index contributed by atoms with van der Waals surface area (Å²) < 4.78 is 25.5. The first-order valence-electron chi connectivity index (χ1n) is 9.73. The van der Waals surface area contributed by atoms with E-state index in [1.165, 1.54) is 6.08 Å². The van der Waals surface area contributed by atoms with Gasteiger partial charge in [0.25, 0.3) is 0 Å². The third kappa shape index (κ3) is 3.95. The Kier molecular flexibility index (Phi) is 6.13. The Morgan fingerprint density at radius 2 is 1.83 bits per heavy atom. The predicted molar refractivity (Wildman–Crippen MR) is 115 cm³/mol. The molecule has 29 heavy (non-hydrogen) atoms. The van der Waals surface area contributed by atoms with Gasteiger partial charge < -0.3 is 15.0 Å². The smallest absolute Gasteiger partial charge is 0.324 e. The maximum Gasteiger partial charge on any atom is 0.324 e. The first-order chi connectivity index (χ1) is 13.8. The van der Waals surface area contributed by atoms with Gasteiger partial charge in [0.1, 0.15) is 6.61 Å². The highest BCUT2D eigenvalue weighted by atomic mass is 31.2. The topological polar surface area (TPSA) is 78.6 Å². The van der Waals surface area contributed by atoms with E-state index in [4.69, 9.17) is 15.0 Å². The van der Waals surface area contributed by atoms with Gasteiger partial charge >= 0.3 is 5.97 Å². The van der Waals surface area contributed by atoms with E-state index in [-0.39, 0.29) is 25.8 Å². The zero-order valence-electron chi connectivity index (χ0n) is 17.0. The van der Waals surface area contributed by atoms with E-state index in [2.05, 4.69) is 6.58 Å². The predicted octanol–water partition coefficient (Wildman–Crippen LogP) is 4.58. The zero-order valence-corrected chi connectivity index (χ0v) is 17.9. The molecule has 1 aliphatic rings. The Labute approximate surface area is 172 Å². The number of rotatable bonds is 9. The molecule has 154 valence electrons. The highest BCUT2D eigenvalue weighted by Gasteiger charge is 2.79. The van der Waals surface area contributed by atoms with Crippen LogP contribution in [0.25, 0.3) is 0 Å². The van der Waals surface area contributed by atoms with E-state index in [1.807, 2.05) is 61.5 Å². The van der Waals surface area contributed by atoms with Gasteiger partial charge in [-0.15, -0.1) is 6.58 Å². The van der Waals surface area contributed by atoms with Gasteiger partial charge in [0.05, 0.1) is 18.3 Å². The molecule has 1 aliphatic carbocycles. The number of hydrogen-bond acceptors (Lipinski definition) is 5. The summed E-state index contributed by atoms with van der Waals surface area (Å²) in [6, 6.07) is 17.1. The lowest BCUT2D eigenvalue weighted by atomic mass is 10.2. The lowest BCUT2D eigenvalue weighted by Gasteiger charge is -2.29. The van der Waals surface area contributed by atoms with Gasteiger partial charge in [-0.1, -0.05) is 66.2 Å². The molecule has 3 unspecified atom stereocenters. The Bertz CT molecular complexity index is 928. The van der Waals surface area contributed by atoms with Crippen molar-refractivity contribution in [2.45, 2.75) is 43.7 Å². The van der Waals surface area contributed by atoms with Crippen molar-refractivity contribution in [2.24, 2.45) is 5.73 Å². The van der Waals surface area contributed by atoms with E-state index in [0.29, 0.717) is 0 Å². The number of hydrogen-bond donors (Lipinski definition) is 1. The molecule has 3 atom stereocenters. The van der Waals surface area contributed by atoms with E-state index in [1.54, 1.807) is 6.92 Å². The SMILES string of the molecule is C=CC1(N)CC1(C(=O)OCc1ccccc1)P(=O)(Cc1ccc(C)cc1)OCC. The van der Waals surface area contributed by atoms with Crippen LogP contribution in [0.1, 0.15) is 30.0 Å². The molecule has 2 aromatic carbocycles. The number of aryl methyl sites for hydroxylation is 1. The Morgan fingerprint density at radius 1 is 1.17 bits per heavy atom. The number of ether oxygens (including phenoxy) is 1. The van der Waals surface area contributed by atoms with Gasteiger partial charge in [-0.2, -0.15) is 0 Å². The van der Waals surface area contributed by atoms with Crippen LogP contribution >= 0.6 is 7.37 Å². The van der Waals surface area contributed by atoms with E-state index in [0.717, 1.165) is 16.7 Å². The Morgan fingerprint density at radius 3 is 2.38 bits per heavy atom. The summed E-state index contributed by atoms with van der Waals surface area (Å²) in [5, 5.41) is -1.42. The average Bonchev–Trinajstić information content (AvgIpc) is 3.37.